The van der Waals surface area contributed by atoms with Gasteiger partial charge in [0.2, 0.25) is 10.0 Å². The lowest BCUT2D eigenvalue weighted by molar-refractivity contribution is 0.293. The predicted molar refractivity (Wildman–Crippen MR) is 93.8 cm³/mol. The Balaban J connectivity index is 3.13. The van der Waals surface area contributed by atoms with Crippen LogP contribution >= 0.6 is 47.8 Å². The largest absolute Gasteiger partial charge is 0.241 e. The zero-order valence-corrected chi connectivity index (χ0v) is 17.2. The van der Waals surface area contributed by atoms with Crippen molar-refractivity contribution in [2.24, 2.45) is 5.41 Å². The second kappa shape index (κ2) is 7.22. The molecule has 20 heavy (non-hydrogen) atoms. The van der Waals surface area contributed by atoms with Crippen LogP contribution in [0.5, 0.6) is 0 Å². The topological polar surface area (TPSA) is 46.2 Å². The molecule has 0 fully saturated rings. The van der Waals surface area contributed by atoms with Crippen LogP contribution in [0.2, 0.25) is 0 Å². The minimum atomic E-state index is -3.57. The van der Waals surface area contributed by atoms with Crippen LogP contribution in [0.25, 0.3) is 0 Å². The van der Waals surface area contributed by atoms with Crippen LogP contribution < -0.4 is 4.72 Å². The Bertz CT molecular complexity index is 567. The molecular weight excluding hydrogens is 474 g/mol. The summed E-state index contributed by atoms with van der Waals surface area (Å²) in [6.45, 7) is 6.08. The van der Waals surface area contributed by atoms with E-state index in [2.05, 4.69) is 52.5 Å². The monoisotopic (exact) mass is 489 g/mol. The molecular formula is C13H18Br3NO2S. The van der Waals surface area contributed by atoms with Crippen molar-refractivity contribution in [2.75, 3.05) is 5.33 Å². The minimum Gasteiger partial charge on any atom is -0.207 e. The molecule has 3 nitrogen and oxygen atoms in total. The van der Waals surface area contributed by atoms with Crippen LogP contribution in [0.4, 0.5) is 0 Å². The molecule has 0 saturated heterocycles. The maximum Gasteiger partial charge on any atom is 0.241 e. The Labute approximate surface area is 146 Å². The van der Waals surface area contributed by atoms with Crippen molar-refractivity contribution in [3.8, 4) is 0 Å². The van der Waals surface area contributed by atoms with E-state index in [-0.39, 0.29) is 16.4 Å². The molecule has 1 aromatic rings. The molecule has 0 radical (unpaired) electrons. The van der Waals surface area contributed by atoms with Crippen LogP contribution in [-0.4, -0.2) is 19.8 Å². The third-order valence-electron chi connectivity index (χ3n) is 2.92. The second-order valence-electron chi connectivity index (χ2n) is 5.59. The van der Waals surface area contributed by atoms with Gasteiger partial charge in [-0.2, -0.15) is 0 Å². The Morgan fingerprint density at radius 2 is 1.85 bits per heavy atom. The molecule has 114 valence electrons. The van der Waals surface area contributed by atoms with Crippen molar-refractivity contribution in [3.05, 3.63) is 27.1 Å². The summed E-state index contributed by atoms with van der Waals surface area (Å²) in [6.07, 6.45) is 0.731. The molecule has 1 rings (SSSR count). The Morgan fingerprint density at radius 1 is 1.25 bits per heavy atom. The van der Waals surface area contributed by atoms with Gasteiger partial charge in [-0.15, -0.1) is 0 Å². The molecule has 0 aliphatic heterocycles. The number of alkyl halides is 1. The van der Waals surface area contributed by atoms with E-state index in [1.54, 1.807) is 18.2 Å². The van der Waals surface area contributed by atoms with Crippen LogP contribution in [0.3, 0.4) is 0 Å². The molecule has 1 atom stereocenters. The Kier molecular flexibility index (Phi) is 6.72. The minimum absolute atomic E-state index is 0.141. The van der Waals surface area contributed by atoms with Gasteiger partial charge in [-0.05, 0) is 46.0 Å². The van der Waals surface area contributed by atoms with Crippen LogP contribution in [0.1, 0.15) is 27.2 Å². The number of halogens is 3. The van der Waals surface area contributed by atoms with Crippen molar-refractivity contribution in [2.45, 2.75) is 38.1 Å². The summed E-state index contributed by atoms with van der Waals surface area (Å²) < 4.78 is 29.2. The molecule has 0 aliphatic carbocycles. The average molecular weight is 492 g/mol. The van der Waals surface area contributed by atoms with Gasteiger partial charge in [0, 0.05) is 20.3 Å². The summed E-state index contributed by atoms with van der Waals surface area (Å²) in [4.78, 5) is 0.246. The molecule has 0 amide bonds. The van der Waals surface area contributed by atoms with Gasteiger partial charge in [0.15, 0.2) is 0 Å². The zero-order valence-electron chi connectivity index (χ0n) is 11.6. The van der Waals surface area contributed by atoms with E-state index in [1.165, 1.54) is 0 Å². The number of rotatable bonds is 5. The van der Waals surface area contributed by atoms with Gasteiger partial charge in [0.05, 0.1) is 4.90 Å². The van der Waals surface area contributed by atoms with Gasteiger partial charge in [-0.25, -0.2) is 13.1 Å². The first-order valence-electron chi connectivity index (χ1n) is 6.11. The van der Waals surface area contributed by atoms with E-state index in [1.807, 2.05) is 20.8 Å². The molecule has 1 N–H and O–H groups in total. The summed E-state index contributed by atoms with van der Waals surface area (Å²) >= 11 is 9.98. The number of sulfonamides is 1. The molecule has 0 aliphatic rings. The van der Waals surface area contributed by atoms with Crippen molar-refractivity contribution in [1.82, 2.24) is 4.72 Å². The molecule has 0 spiro atoms. The van der Waals surface area contributed by atoms with Crippen molar-refractivity contribution in [1.29, 1.82) is 0 Å². The maximum absolute atomic E-state index is 12.6. The van der Waals surface area contributed by atoms with Crippen LogP contribution in [0.15, 0.2) is 32.0 Å². The quantitative estimate of drug-likeness (QED) is 0.607. The van der Waals surface area contributed by atoms with Gasteiger partial charge < -0.3 is 0 Å². The fraction of sp³-hybridized carbons (Fsp3) is 0.538. The van der Waals surface area contributed by atoms with Gasteiger partial charge in [-0.3, -0.25) is 0 Å². The lowest BCUT2D eigenvalue weighted by Gasteiger charge is -2.31. The molecule has 0 bridgehead atoms. The highest BCUT2D eigenvalue weighted by atomic mass is 79.9. The third-order valence-corrected chi connectivity index (χ3v) is 6.34. The van der Waals surface area contributed by atoms with E-state index in [0.29, 0.717) is 4.47 Å². The number of hydrogen-bond donors (Lipinski definition) is 1. The van der Waals surface area contributed by atoms with E-state index in [0.717, 1.165) is 16.2 Å². The van der Waals surface area contributed by atoms with Gasteiger partial charge in [0.1, 0.15) is 0 Å². The molecule has 7 heteroatoms. The molecule has 1 aromatic carbocycles. The lowest BCUT2D eigenvalue weighted by Crippen LogP contribution is -2.44. The highest BCUT2D eigenvalue weighted by Crippen LogP contribution is 2.28. The number of nitrogens with one attached hydrogen (secondary N) is 1. The third kappa shape index (κ3) is 5.09. The fourth-order valence-electron chi connectivity index (χ4n) is 1.71. The van der Waals surface area contributed by atoms with E-state index < -0.39 is 10.0 Å². The summed E-state index contributed by atoms with van der Waals surface area (Å²) in [5.74, 6) is 0. The Morgan fingerprint density at radius 3 is 2.35 bits per heavy atom. The van der Waals surface area contributed by atoms with E-state index in [9.17, 15) is 8.42 Å². The fourth-order valence-corrected chi connectivity index (χ4v) is 5.15. The predicted octanol–water partition coefficient (Wildman–Crippen LogP) is 4.69. The summed E-state index contributed by atoms with van der Waals surface area (Å²) in [6, 6.07) is 4.97. The van der Waals surface area contributed by atoms with Crippen molar-refractivity contribution < 1.29 is 8.42 Å². The molecule has 0 saturated carbocycles. The first kappa shape index (κ1) is 18.6. The second-order valence-corrected chi connectivity index (χ2v) is 9.84. The van der Waals surface area contributed by atoms with Crippen molar-refractivity contribution >= 4 is 57.8 Å². The normalized spacial score (nSPS) is 14.3. The summed E-state index contributed by atoms with van der Waals surface area (Å²) in [5.41, 5.74) is -0.153. The summed E-state index contributed by atoms with van der Waals surface area (Å²) in [5, 5.41) is 0.747. The zero-order chi connectivity index (χ0) is 15.6. The molecule has 0 aromatic heterocycles. The van der Waals surface area contributed by atoms with Gasteiger partial charge in [-0.1, -0.05) is 52.6 Å². The standard InChI is InChI=1S/C13H18Br3NO2S/c1-13(2,3)12(6-7-14)17-20(18,19)11-8-9(15)4-5-10(11)16/h4-5,8,12,17H,6-7H2,1-3H3. The average Bonchev–Trinajstić information content (AvgIpc) is 2.30. The first-order valence-corrected chi connectivity index (χ1v) is 10.3. The first-order chi connectivity index (χ1) is 9.08. The smallest absolute Gasteiger partial charge is 0.207 e. The highest BCUT2D eigenvalue weighted by Gasteiger charge is 2.30. The maximum atomic E-state index is 12.6. The number of benzene rings is 1. The van der Waals surface area contributed by atoms with E-state index >= 15 is 0 Å². The van der Waals surface area contributed by atoms with Gasteiger partial charge in [0.25, 0.3) is 0 Å². The SMILES string of the molecule is CC(C)(C)C(CCBr)NS(=O)(=O)c1cc(Br)ccc1Br. The molecule has 0 heterocycles. The van der Waals surface area contributed by atoms with Crippen LogP contribution in [-0.2, 0) is 10.0 Å². The lowest BCUT2D eigenvalue weighted by atomic mass is 9.86. The highest BCUT2D eigenvalue weighted by molar-refractivity contribution is 9.11. The van der Waals surface area contributed by atoms with Crippen LogP contribution in [0, 0.1) is 5.41 Å². The van der Waals surface area contributed by atoms with Crippen molar-refractivity contribution in [3.63, 3.8) is 0 Å². The number of hydrogen-bond acceptors (Lipinski definition) is 2. The van der Waals surface area contributed by atoms with Gasteiger partial charge >= 0.3 is 0 Å². The Hall–Kier alpha value is 0.570. The molecule has 1 unspecified atom stereocenters. The van der Waals surface area contributed by atoms with E-state index in [4.69, 9.17) is 0 Å². The summed E-state index contributed by atoms with van der Waals surface area (Å²) in [7, 11) is -3.57.